The van der Waals surface area contributed by atoms with Gasteiger partial charge in [-0.15, -0.1) is 11.3 Å². The number of aromatic nitrogens is 2. The molecule has 2 aromatic heterocycles. The van der Waals surface area contributed by atoms with Crippen LogP contribution in [0.2, 0.25) is 5.02 Å². The summed E-state index contributed by atoms with van der Waals surface area (Å²) in [5, 5.41) is 4.21. The molecule has 0 bridgehead atoms. The second-order valence-electron chi connectivity index (χ2n) is 9.12. The minimum atomic E-state index is -0.477. The number of rotatable bonds is 7. The molecule has 2 aliphatic heterocycles. The largest absolute Gasteiger partial charge is 0.369 e. The van der Waals surface area contributed by atoms with Gasteiger partial charge in [0, 0.05) is 55.9 Å². The number of carbonyl (C=O) groups is 2. The van der Waals surface area contributed by atoms with Crippen LogP contribution in [-0.2, 0) is 22.6 Å². The number of thiophene rings is 1. The highest BCUT2D eigenvalue weighted by molar-refractivity contribution is 7.19. The fourth-order valence-electron chi connectivity index (χ4n) is 4.68. The molecule has 2 aliphatic rings. The summed E-state index contributed by atoms with van der Waals surface area (Å²) in [6.45, 7) is 5.36. The van der Waals surface area contributed by atoms with E-state index in [0.29, 0.717) is 44.1 Å². The zero-order valence-electron chi connectivity index (χ0n) is 20.1. The molecule has 5 rings (SSSR count). The number of hydrogen-bond acceptors (Lipinski definition) is 8. The normalized spacial score (nSPS) is 16.9. The van der Waals surface area contributed by atoms with Gasteiger partial charge in [-0.25, -0.2) is 14.4 Å². The van der Waals surface area contributed by atoms with Gasteiger partial charge in [0.1, 0.15) is 22.8 Å². The predicted octanol–water partition coefficient (Wildman–Crippen LogP) is 2.77. The highest BCUT2D eigenvalue weighted by Gasteiger charge is 2.26. The maximum Gasteiger partial charge on any atom is 0.246 e. The van der Waals surface area contributed by atoms with Gasteiger partial charge in [-0.05, 0) is 30.2 Å². The highest BCUT2D eigenvalue weighted by Crippen LogP contribution is 2.38. The van der Waals surface area contributed by atoms with E-state index >= 15 is 0 Å². The van der Waals surface area contributed by atoms with E-state index in [1.54, 1.807) is 23.5 Å². The highest BCUT2D eigenvalue weighted by atomic mass is 35.5. The van der Waals surface area contributed by atoms with Crippen molar-refractivity contribution in [2.24, 2.45) is 5.73 Å². The summed E-state index contributed by atoms with van der Waals surface area (Å²) in [6.07, 6.45) is 5.76. The number of halogens is 2. The number of anilines is 2. The molecule has 4 heterocycles. The van der Waals surface area contributed by atoms with Crippen molar-refractivity contribution in [1.82, 2.24) is 24.7 Å². The van der Waals surface area contributed by atoms with Gasteiger partial charge >= 0.3 is 0 Å². The van der Waals surface area contributed by atoms with Gasteiger partial charge in [-0.2, -0.15) is 0 Å². The molecule has 2 amide bonds. The van der Waals surface area contributed by atoms with Gasteiger partial charge in [0.15, 0.2) is 0 Å². The summed E-state index contributed by atoms with van der Waals surface area (Å²) in [7, 11) is 0. The number of carbonyl (C=O) groups excluding carboxylic acids is 2. The van der Waals surface area contributed by atoms with E-state index in [0.717, 1.165) is 46.8 Å². The van der Waals surface area contributed by atoms with Crippen LogP contribution in [0.15, 0.2) is 36.7 Å². The molecule has 9 nitrogen and oxygen atoms in total. The second-order valence-corrected chi connectivity index (χ2v) is 10.6. The first-order valence-corrected chi connectivity index (χ1v) is 13.2. The first kappa shape index (κ1) is 25.5. The third-order valence-corrected chi connectivity index (χ3v) is 8.01. The lowest BCUT2D eigenvalue weighted by atomic mass is 10.0. The van der Waals surface area contributed by atoms with Gasteiger partial charge in [0.25, 0.3) is 0 Å². The van der Waals surface area contributed by atoms with E-state index in [1.807, 2.05) is 15.9 Å². The topological polar surface area (TPSA) is 108 Å². The second kappa shape index (κ2) is 11.1. The van der Waals surface area contributed by atoms with Crippen molar-refractivity contribution in [3.05, 3.63) is 58.0 Å². The smallest absolute Gasteiger partial charge is 0.246 e. The molecule has 1 saturated heterocycles. The minimum absolute atomic E-state index is 0.0131. The molecule has 0 aliphatic carbocycles. The van der Waals surface area contributed by atoms with E-state index in [-0.39, 0.29) is 16.8 Å². The van der Waals surface area contributed by atoms with Crippen LogP contribution in [0.3, 0.4) is 0 Å². The van der Waals surface area contributed by atoms with Crippen molar-refractivity contribution >= 4 is 56.5 Å². The lowest BCUT2D eigenvalue weighted by molar-refractivity contribution is -0.126. The Hall–Kier alpha value is -3.12. The number of benzene rings is 1. The quantitative estimate of drug-likeness (QED) is 0.441. The van der Waals surface area contributed by atoms with Crippen LogP contribution in [0, 0.1) is 5.82 Å². The Bertz CT molecular complexity index is 1360. The van der Waals surface area contributed by atoms with Crippen LogP contribution in [-0.4, -0.2) is 82.3 Å². The molecule has 1 aromatic carbocycles. The van der Waals surface area contributed by atoms with E-state index in [2.05, 4.69) is 20.2 Å². The van der Waals surface area contributed by atoms with Crippen molar-refractivity contribution in [1.29, 1.82) is 0 Å². The first-order valence-electron chi connectivity index (χ1n) is 12.0. The Kier molecular flexibility index (Phi) is 7.65. The third-order valence-electron chi connectivity index (χ3n) is 6.60. The molecular weight excluding hydrogens is 517 g/mol. The fourth-order valence-corrected chi connectivity index (χ4v) is 6.06. The van der Waals surface area contributed by atoms with Crippen LogP contribution in [0.1, 0.15) is 10.4 Å². The van der Waals surface area contributed by atoms with Gasteiger partial charge in [-0.3, -0.25) is 19.4 Å². The first-order chi connectivity index (χ1) is 17.9. The van der Waals surface area contributed by atoms with Crippen molar-refractivity contribution < 1.29 is 14.0 Å². The molecule has 0 spiro atoms. The Morgan fingerprint density at radius 1 is 1.16 bits per heavy atom. The number of hydrogen-bond donors (Lipinski definition) is 2. The van der Waals surface area contributed by atoms with Crippen LogP contribution < -0.4 is 11.1 Å². The average molecular weight is 544 g/mol. The summed E-state index contributed by atoms with van der Waals surface area (Å²) < 4.78 is 13.6. The van der Waals surface area contributed by atoms with Crippen molar-refractivity contribution in [2.45, 2.75) is 13.0 Å². The molecule has 0 saturated carbocycles. The van der Waals surface area contributed by atoms with E-state index in [4.69, 9.17) is 17.3 Å². The van der Waals surface area contributed by atoms with Gasteiger partial charge < -0.3 is 16.0 Å². The number of fused-ring (bicyclic) bond motifs is 3. The van der Waals surface area contributed by atoms with Crippen molar-refractivity contribution in [3.63, 3.8) is 0 Å². The van der Waals surface area contributed by atoms with Gasteiger partial charge in [-0.1, -0.05) is 17.7 Å². The fraction of sp³-hybridized carbons (Fsp3) is 0.360. The van der Waals surface area contributed by atoms with E-state index in [9.17, 15) is 14.0 Å². The monoisotopic (exact) mass is 543 g/mol. The Labute approximate surface area is 222 Å². The predicted molar refractivity (Wildman–Crippen MR) is 142 cm³/mol. The number of nitrogens with two attached hydrogens (primary N) is 1. The van der Waals surface area contributed by atoms with Gasteiger partial charge in [0.2, 0.25) is 11.8 Å². The number of primary amides is 1. The molecule has 37 heavy (non-hydrogen) atoms. The lowest BCUT2D eigenvalue weighted by Crippen LogP contribution is -2.48. The van der Waals surface area contributed by atoms with E-state index in [1.165, 1.54) is 18.5 Å². The summed E-state index contributed by atoms with van der Waals surface area (Å²) >= 11 is 7.49. The summed E-state index contributed by atoms with van der Waals surface area (Å²) in [5.41, 5.74) is 7.04. The third kappa shape index (κ3) is 5.90. The summed E-state index contributed by atoms with van der Waals surface area (Å²) in [4.78, 5) is 40.9. The molecule has 12 heteroatoms. The van der Waals surface area contributed by atoms with Crippen LogP contribution >= 0.6 is 22.9 Å². The van der Waals surface area contributed by atoms with Crippen LogP contribution in [0.4, 0.5) is 15.9 Å². The minimum Gasteiger partial charge on any atom is -0.369 e. The molecule has 3 aromatic rings. The summed E-state index contributed by atoms with van der Waals surface area (Å²) in [5.74, 6) is -0.157. The molecular formula is C25H27ClFN7O2S. The lowest BCUT2D eigenvalue weighted by Gasteiger charge is -2.33. The molecule has 194 valence electrons. The Morgan fingerprint density at radius 3 is 2.70 bits per heavy atom. The maximum atomic E-state index is 13.6. The number of piperazine rings is 1. The standard InChI is InChI=1S/C25H27ClFN7O2S/c26-18-12-16(3-4-19(18)27)31-24-23-17-5-7-34(13-20(17)37-25(23)30-15-29-24)22(36)2-1-6-32-8-10-33(11-9-32)14-21(28)35/h1-4,12,15H,5-11,13-14H2,(H2,28,35)(H,29,30,31)/b2-1+. The van der Waals surface area contributed by atoms with Crippen molar-refractivity contribution in [2.75, 3.05) is 51.1 Å². The summed E-state index contributed by atoms with van der Waals surface area (Å²) in [6, 6.07) is 4.45. The molecule has 3 N–H and O–H groups in total. The zero-order valence-corrected chi connectivity index (χ0v) is 21.7. The number of nitrogens with one attached hydrogen (secondary N) is 1. The SMILES string of the molecule is NC(=O)CN1CCN(C/C=C/C(=O)N2CCc3c(sc4ncnc(Nc5ccc(F)c(Cl)c5)c34)C2)CC1. The molecule has 1 fully saturated rings. The average Bonchev–Trinajstić information content (AvgIpc) is 3.26. The maximum absolute atomic E-state index is 13.6. The molecule has 0 atom stereocenters. The van der Waals surface area contributed by atoms with Crippen molar-refractivity contribution in [3.8, 4) is 0 Å². The zero-order chi connectivity index (χ0) is 25.9. The molecule has 0 unspecified atom stereocenters. The number of amides is 2. The van der Waals surface area contributed by atoms with Gasteiger partial charge in [0.05, 0.1) is 23.5 Å². The van der Waals surface area contributed by atoms with Crippen LogP contribution in [0.25, 0.3) is 10.2 Å². The number of nitrogens with zero attached hydrogens (tertiary/aromatic N) is 5. The Balaban J connectivity index is 1.22. The Morgan fingerprint density at radius 2 is 1.95 bits per heavy atom. The molecule has 0 radical (unpaired) electrons. The van der Waals surface area contributed by atoms with Crippen LogP contribution in [0.5, 0.6) is 0 Å². The van der Waals surface area contributed by atoms with E-state index < -0.39 is 5.82 Å².